The van der Waals surface area contributed by atoms with Crippen molar-refractivity contribution in [3.63, 3.8) is 0 Å². The number of nitrogens with one attached hydrogen (secondary N) is 1. The molecular formula is C23H33N3O3S. The third-order valence-electron chi connectivity index (χ3n) is 6.70. The van der Waals surface area contributed by atoms with E-state index >= 15 is 0 Å². The molecule has 1 amide bonds. The van der Waals surface area contributed by atoms with E-state index in [-0.39, 0.29) is 24.4 Å². The zero-order chi connectivity index (χ0) is 21.1. The summed E-state index contributed by atoms with van der Waals surface area (Å²) in [6.45, 7) is 0.746. The Labute approximate surface area is 179 Å². The van der Waals surface area contributed by atoms with Crippen molar-refractivity contribution in [2.45, 2.75) is 68.7 Å². The lowest BCUT2D eigenvalue weighted by molar-refractivity contribution is -0.126. The Kier molecular flexibility index (Phi) is 6.48. The van der Waals surface area contributed by atoms with E-state index in [1.54, 1.807) is 12.1 Å². The topological polar surface area (TPSA) is 71.4 Å². The number of hydrogen-bond donors (Lipinski definition) is 1. The molecule has 1 aliphatic carbocycles. The Morgan fingerprint density at radius 2 is 1.73 bits per heavy atom. The summed E-state index contributed by atoms with van der Waals surface area (Å²) in [6, 6.07) is 7.43. The number of benzene rings is 1. The molecule has 0 bridgehead atoms. The number of sulfonamides is 1. The van der Waals surface area contributed by atoms with E-state index in [0.29, 0.717) is 11.4 Å². The summed E-state index contributed by atoms with van der Waals surface area (Å²) < 4.78 is 30.0. The Morgan fingerprint density at radius 3 is 2.50 bits per heavy atom. The molecule has 1 aromatic heterocycles. The minimum Gasteiger partial charge on any atom is -0.353 e. The fourth-order valence-corrected chi connectivity index (χ4v) is 6.42. The van der Waals surface area contributed by atoms with Crippen LogP contribution in [0, 0.1) is 5.92 Å². The number of hydrogen-bond acceptors (Lipinski definition) is 3. The third-order valence-corrected chi connectivity index (χ3v) is 8.56. The van der Waals surface area contributed by atoms with Crippen LogP contribution in [0.5, 0.6) is 0 Å². The predicted molar refractivity (Wildman–Crippen MR) is 119 cm³/mol. The lowest BCUT2D eigenvalue weighted by Crippen LogP contribution is -2.47. The van der Waals surface area contributed by atoms with Crippen molar-refractivity contribution in [1.82, 2.24) is 14.2 Å². The number of carbonyl (C=O) groups is 1. The summed E-state index contributed by atoms with van der Waals surface area (Å²) in [6.07, 6.45) is 11.6. The molecule has 1 atom stereocenters. The molecule has 0 radical (unpaired) electrons. The molecule has 4 rings (SSSR count). The van der Waals surface area contributed by atoms with E-state index in [4.69, 9.17) is 0 Å². The number of aromatic nitrogens is 1. The van der Waals surface area contributed by atoms with Gasteiger partial charge in [0.05, 0.1) is 10.8 Å². The van der Waals surface area contributed by atoms with E-state index in [9.17, 15) is 13.2 Å². The molecule has 30 heavy (non-hydrogen) atoms. The first-order chi connectivity index (χ1) is 14.4. The number of piperidine rings is 1. The Hall–Kier alpha value is -1.86. The van der Waals surface area contributed by atoms with Crippen LogP contribution in [0.15, 0.2) is 35.4 Å². The van der Waals surface area contributed by atoms with Gasteiger partial charge in [-0.05, 0) is 49.9 Å². The van der Waals surface area contributed by atoms with Crippen LogP contribution in [0.2, 0.25) is 0 Å². The van der Waals surface area contributed by atoms with Crippen molar-refractivity contribution in [2.75, 3.05) is 13.1 Å². The summed E-state index contributed by atoms with van der Waals surface area (Å²) in [7, 11) is -1.67. The Balaban J connectivity index is 1.44. The summed E-state index contributed by atoms with van der Waals surface area (Å²) in [5, 5.41) is 4.14. The molecular weight excluding hydrogens is 398 g/mol. The zero-order valence-electron chi connectivity index (χ0n) is 17.8. The largest absolute Gasteiger partial charge is 0.353 e. The van der Waals surface area contributed by atoms with Gasteiger partial charge in [0.25, 0.3) is 0 Å². The molecule has 0 unspecified atom stereocenters. The molecule has 2 aromatic rings. The van der Waals surface area contributed by atoms with Gasteiger partial charge in [0.1, 0.15) is 0 Å². The number of fused-ring (bicyclic) bond motifs is 1. The molecule has 2 fully saturated rings. The van der Waals surface area contributed by atoms with Gasteiger partial charge in [-0.2, -0.15) is 4.31 Å². The Bertz CT molecular complexity index is 990. The monoisotopic (exact) mass is 431 g/mol. The maximum absolute atomic E-state index is 13.3. The fraction of sp³-hybridized carbons (Fsp3) is 0.609. The van der Waals surface area contributed by atoms with Crippen LogP contribution in [0.4, 0.5) is 0 Å². The van der Waals surface area contributed by atoms with E-state index in [1.807, 2.05) is 29.9 Å². The smallest absolute Gasteiger partial charge is 0.243 e. The standard InChI is InChI=1S/C23H33N3O3S/c1-25-15-13-18-16-21(11-12-22(18)25)30(28,29)26-14-7-8-19(17-26)23(27)24-20-9-5-3-2-4-6-10-20/h11-13,15-16,19-20H,2-10,14,17H2,1H3,(H,24,27)/t19-/m0/s1. The molecule has 164 valence electrons. The highest BCUT2D eigenvalue weighted by atomic mass is 32.2. The minimum absolute atomic E-state index is 0.0268. The maximum Gasteiger partial charge on any atom is 0.243 e. The van der Waals surface area contributed by atoms with E-state index in [1.165, 1.54) is 23.6 Å². The van der Waals surface area contributed by atoms with E-state index in [2.05, 4.69) is 5.32 Å². The third kappa shape index (κ3) is 4.57. The average Bonchev–Trinajstić information content (AvgIpc) is 3.10. The second kappa shape index (κ2) is 9.10. The molecule has 1 aromatic carbocycles. The molecule has 1 saturated heterocycles. The summed E-state index contributed by atoms with van der Waals surface area (Å²) >= 11 is 0. The lowest BCUT2D eigenvalue weighted by Gasteiger charge is -2.32. The van der Waals surface area contributed by atoms with Gasteiger partial charge >= 0.3 is 0 Å². The van der Waals surface area contributed by atoms with Crippen LogP contribution in [0.25, 0.3) is 10.9 Å². The molecule has 7 heteroatoms. The fourth-order valence-electron chi connectivity index (χ4n) is 4.86. The van der Waals surface area contributed by atoms with Gasteiger partial charge < -0.3 is 9.88 Å². The van der Waals surface area contributed by atoms with Crippen molar-refractivity contribution < 1.29 is 13.2 Å². The van der Waals surface area contributed by atoms with Crippen molar-refractivity contribution in [3.8, 4) is 0 Å². The number of aryl methyl sites for hydroxylation is 1. The molecule has 1 saturated carbocycles. The van der Waals surface area contributed by atoms with Gasteiger partial charge in [0, 0.05) is 43.3 Å². The van der Waals surface area contributed by atoms with Gasteiger partial charge in [-0.15, -0.1) is 0 Å². The van der Waals surface area contributed by atoms with Crippen LogP contribution in [-0.2, 0) is 21.9 Å². The summed E-state index contributed by atoms with van der Waals surface area (Å²) in [5.74, 6) is -0.238. The molecule has 2 heterocycles. The highest BCUT2D eigenvalue weighted by molar-refractivity contribution is 7.89. The van der Waals surface area contributed by atoms with Gasteiger partial charge in [0.2, 0.25) is 15.9 Å². The Morgan fingerprint density at radius 1 is 1.00 bits per heavy atom. The van der Waals surface area contributed by atoms with Gasteiger partial charge in [-0.25, -0.2) is 8.42 Å². The van der Waals surface area contributed by atoms with Crippen molar-refractivity contribution in [2.24, 2.45) is 13.0 Å². The van der Waals surface area contributed by atoms with Crippen molar-refractivity contribution in [3.05, 3.63) is 30.5 Å². The van der Waals surface area contributed by atoms with Crippen LogP contribution in [-0.4, -0.2) is 42.3 Å². The predicted octanol–water partition coefficient (Wildman–Crippen LogP) is 3.81. The number of nitrogens with zero attached hydrogens (tertiary/aromatic N) is 2. The molecule has 6 nitrogen and oxygen atoms in total. The van der Waals surface area contributed by atoms with Gasteiger partial charge in [-0.3, -0.25) is 4.79 Å². The average molecular weight is 432 g/mol. The maximum atomic E-state index is 13.3. The van der Waals surface area contributed by atoms with Crippen LogP contribution in [0.1, 0.15) is 57.8 Å². The van der Waals surface area contributed by atoms with Gasteiger partial charge in [-0.1, -0.05) is 32.1 Å². The number of amides is 1. The van der Waals surface area contributed by atoms with Crippen molar-refractivity contribution >= 4 is 26.8 Å². The van der Waals surface area contributed by atoms with Crippen molar-refractivity contribution in [1.29, 1.82) is 0 Å². The molecule has 1 N–H and O–H groups in total. The zero-order valence-corrected chi connectivity index (χ0v) is 18.7. The van der Waals surface area contributed by atoms with Gasteiger partial charge in [0.15, 0.2) is 0 Å². The summed E-state index contributed by atoms with van der Waals surface area (Å²) in [5.41, 5.74) is 1.00. The second-order valence-electron chi connectivity index (χ2n) is 8.90. The van der Waals surface area contributed by atoms with Crippen LogP contribution in [0.3, 0.4) is 0 Å². The number of carbonyl (C=O) groups excluding carboxylic acids is 1. The first-order valence-electron chi connectivity index (χ1n) is 11.3. The molecule has 0 spiro atoms. The highest BCUT2D eigenvalue weighted by Gasteiger charge is 2.34. The highest BCUT2D eigenvalue weighted by Crippen LogP contribution is 2.27. The second-order valence-corrected chi connectivity index (χ2v) is 10.8. The number of rotatable bonds is 4. The summed E-state index contributed by atoms with van der Waals surface area (Å²) in [4.78, 5) is 13.2. The minimum atomic E-state index is -3.61. The first kappa shape index (κ1) is 21.4. The molecule has 1 aliphatic heterocycles. The quantitative estimate of drug-likeness (QED) is 0.800. The van der Waals surface area contributed by atoms with Crippen LogP contribution < -0.4 is 5.32 Å². The van der Waals surface area contributed by atoms with Crippen LogP contribution >= 0.6 is 0 Å². The van der Waals surface area contributed by atoms with E-state index in [0.717, 1.165) is 49.4 Å². The normalized spacial score (nSPS) is 22.5. The first-order valence-corrected chi connectivity index (χ1v) is 12.7. The SMILES string of the molecule is Cn1ccc2cc(S(=O)(=O)N3CCC[C@H](C(=O)NC4CCCCCCC4)C3)ccc21. The lowest BCUT2D eigenvalue weighted by atomic mass is 9.94. The van der Waals surface area contributed by atoms with E-state index < -0.39 is 10.0 Å². The molecule has 2 aliphatic rings.